The molecule has 1 saturated heterocycles. The molecule has 6 rings (SSSR count). The Labute approximate surface area is 279 Å². The van der Waals surface area contributed by atoms with Gasteiger partial charge < -0.3 is 29.8 Å². The second kappa shape index (κ2) is 15.0. The van der Waals surface area contributed by atoms with Crippen LogP contribution in [-0.4, -0.2) is 53.6 Å². The van der Waals surface area contributed by atoms with Crippen LogP contribution in [0.3, 0.4) is 0 Å². The number of allylic oxidation sites excluding steroid dienone is 1. The van der Waals surface area contributed by atoms with Crippen molar-refractivity contribution in [2.75, 3.05) is 30.5 Å². The van der Waals surface area contributed by atoms with E-state index in [4.69, 9.17) is 9.15 Å². The number of imide groups is 1. The number of carbonyl (C=O) groups excluding carboxylic acids is 2. The van der Waals surface area contributed by atoms with Crippen molar-refractivity contribution in [1.82, 2.24) is 0 Å². The Morgan fingerprint density at radius 3 is 2.27 bits per heavy atom. The number of benzene rings is 3. The second-order valence-corrected chi connectivity index (χ2v) is 12.2. The predicted molar refractivity (Wildman–Crippen MR) is 184 cm³/mol. The molecule has 2 amide bonds. The molecular weight excluding hydrogens is 608 g/mol. The Bertz CT molecular complexity index is 1780. The molecule has 0 unspecified atom stereocenters. The average Bonchev–Trinajstić information content (AvgIpc) is 3.68. The number of amides is 2. The fraction of sp³-hybridized carbons (Fsp3) is 0.282. The van der Waals surface area contributed by atoms with Crippen LogP contribution in [0.25, 0.3) is 11.6 Å². The van der Waals surface area contributed by atoms with Crippen LogP contribution in [0.1, 0.15) is 36.3 Å². The molecular formula is C39H40N2O7. The number of methoxy groups -OCH3 is 1. The van der Waals surface area contributed by atoms with Gasteiger partial charge in [-0.05, 0) is 96.2 Å². The summed E-state index contributed by atoms with van der Waals surface area (Å²) in [5.74, 6) is -1.88. The Balaban J connectivity index is 1.24. The van der Waals surface area contributed by atoms with Gasteiger partial charge in [0.1, 0.15) is 18.1 Å². The van der Waals surface area contributed by atoms with Crippen molar-refractivity contribution >= 4 is 40.5 Å². The first-order valence-electron chi connectivity index (χ1n) is 16.2. The maximum atomic E-state index is 14.0. The number of hydrogen-bond donors (Lipinski definition) is 4. The fourth-order valence-electron chi connectivity index (χ4n) is 7.03. The summed E-state index contributed by atoms with van der Waals surface area (Å²) in [6, 6.07) is 30.1. The summed E-state index contributed by atoms with van der Waals surface area (Å²) < 4.78 is 11.2. The van der Waals surface area contributed by atoms with Gasteiger partial charge in [0.15, 0.2) is 0 Å². The van der Waals surface area contributed by atoms with Crippen LogP contribution in [0.5, 0.6) is 0 Å². The van der Waals surface area contributed by atoms with Crippen LogP contribution >= 0.6 is 0 Å². The number of furan rings is 1. The van der Waals surface area contributed by atoms with Gasteiger partial charge in [0, 0.05) is 24.4 Å². The molecule has 9 heteroatoms. The van der Waals surface area contributed by atoms with E-state index in [9.17, 15) is 24.9 Å². The molecule has 1 aromatic heterocycles. The molecule has 1 fully saturated rings. The number of aliphatic hydroxyl groups is 3. The Morgan fingerprint density at radius 1 is 0.938 bits per heavy atom. The van der Waals surface area contributed by atoms with E-state index in [-0.39, 0.29) is 31.4 Å². The molecule has 0 spiro atoms. The summed E-state index contributed by atoms with van der Waals surface area (Å²) in [5.41, 5.74) is 5.37. The van der Waals surface area contributed by atoms with E-state index in [1.54, 1.807) is 31.4 Å². The topological polar surface area (TPSA) is 132 Å². The standard InChI is InChI=1S/C39H40N2O7/c1-47-24-27-21-33-37(39(46)41(38(33)45)30-15-13-29(14-16-30)40-28-10-6-3-7-11-28)34(23-43)36(27)35(44)19-12-26(25-8-4-2-5-9-25)20-31-17-18-32(22-42)48-31/h2-11,13-18,20,33-35,37,40,42-44H,12,19,21-24H2,1H3/b26-20-/t33-,34+,35-,37-/m1/s1. The summed E-state index contributed by atoms with van der Waals surface area (Å²) in [6.45, 7) is -0.430. The van der Waals surface area contributed by atoms with Gasteiger partial charge in [-0.15, -0.1) is 0 Å². The molecule has 248 valence electrons. The zero-order chi connectivity index (χ0) is 33.6. The highest BCUT2D eigenvalue weighted by molar-refractivity contribution is 6.22. The number of hydrogen-bond acceptors (Lipinski definition) is 8. The smallest absolute Gasteiger partial charge is 0.238 e. The number of anilines is 3. The molecule has 4 aromatic rings. The van der Waals surface area contributed by atoms with Gasteiger partial charge in [0.25, 0.3) is 0 Å². The normalized spacial score (nSPS) is 20.3. The van der Waals surface area contributed by atoms with Crippen LogP contribution in [0.2, 0.25) is 0 Å². The lowest BCUT2D eigenvalue weighted by Gasteiger charge is -2.36. The van der Waals surface area contributed by atoms with Crippen molar-refractivity contribution in [3.8, 4) is 0 Å². The molecule has 4 atom stereocenters. The number of para-hydroxylation sites is 1. The third-order valence-electron chi connectivity index (χ3n) is 9.23. The minimum Gasteiger partial charge on any atom is -0.459 e. The molecule has 2 heterocycles. The van der Waals surface area contributed by atoms with E-state index in [1.165, 1.54) is 4.90 Å². The number of carbonyl (C=O) groups is 2. The predicted octanol–water partition coefficient (Wildman–Crippen LogP) is 5.96. The first kappa shape index (κ1) is 33.1. The van der Waals surface area contributed by atoms with E-state index < -0.39 is 30.5 Å². The van der Waals surface area contributed by atoms with Gasteiger partial charge >= 0.3 is 0 Å². The third kappa shape index (κ3) is 6.90. The number of aliphatic hydroxyl groups excluding tert-OH is 3. The maximum absolute atomic E-state index is 14.0. The van der Waals surface area contributed by atoms with Crippen LogP contribution in [0.15, 0.2) is 113 Å². The Kier molecular flexibility index (Phi) is 10.3. The van der Waals surface area contributed by atoms with Gasteiger partial charge in [0.05, 0.1) is 36.8 Å². The molecule has 48 heavy (non-hydrogen) atoms. The summed E-state index contributed by atoms with van der Waals surface area (Å²) >= 11 is 0. The van der Waals surface area contributed by atoms with Gasteiger partial charge in [-0.2, -0.15) is 0 Å². The summed E-state index contributed by atoms with van der Waals surface area (Å²) in [5, 5.41) is 35.2. The first-order valence-corrected chi connectivity index (χ1v) is 16.2. The largest absolute Gasteiger partial charge is 0.459 e. The minimum absolute atomic E-state index is 0.172. The highest BCUT2D eigenvalue weighted by atomic mass is 16.5. The zero-order valence-corrected chi connectivity index (χ0v) is 26.8. The number of nitrogens with one attached hydrogen (secondary N) is 1. The Hall–Kier alpha value is -4.80. The molecule has 2 aliphatic rings. The van der Waals surface area contributed by atoms with Crippen molar-refractivity contribution in [3.05, 3.63) is 125 Å². The van der Waals surface area contributed by atoms with E-state index in [0.717, 1.165) is 28.1 Å². The van der Waals surface area contributed by atoms with Crippen molar-refractivity contribution in [2.45, 2.75) is 32.0 Å². The number of ether oxygens (including phenoxy) is 1. The zero-order valence-electron chi connectivity index (χ0n) is 26.8. The van der Waals surface area contributed by atoms with Crippen LogP contribution in [0.4, 0.5) is 17.1 Å². The van der Waals surface area contributed by atoms with Crippen molar-refractivity contribution in [2.24, 2.45) is 17.8 Å². The number of nitrogens with zero attached hydrogens (tertiary/aromatic N) is 1. The molecule has 0 saturated carbocycles. The van der Waals surface area contributed by atoms with Crippen molar-refractivity contribution < 1.29 is 34.1 Å². The van der Waals surface area contributed by atoms with Gasteiger partial charge in [0.2, 0.25) is 11.8 Å². The summed E-state index contributed by atoms with van der Waals surface area (Å²) in [4.78, 5) is 29.1. The molecule has 0 bridgehead atoms. The lowest BCUT2D eigenvalue weighted by atomic mass is 9.68. The first-order chi connectivity index (χ1) is 23.4. The maximum Gasteiger partial charge on any atom is 0.238 e. The summed E-state index contributed by atoms with van der Waals surface area (Å²) in [7, 11) is 1.55. The SMILES string of the molecule is COCC1=C([C@H](O)CC/C(=C/c2ccc(CO)o2)c2ccccc2)[C@H](CO)[C@@H]2C(=O)N(c3ccc(Nc4ccccc4)cc3)C(=O)[C@@H]2C1. The van der Waals surface area contributed by atoms with Gasteiger partial charge in [-0.3, -0.25) is 14.5 Å². The Morgan fingerprint density at radius 2 is 1.62 bits per heavy atom. The molecule has 1 aliphatic heterocycles. The minimum atomic E-state index is -0.995. The van der Waals surface area contributed by atoms with Gasteiger partial charge in [-0.25, -0.2) is 0 Å². The molecule has 0 radical (unpaired) electrons. The highest BCUT2D eigenvalue weighted by Gasteiger charge is 2.55. The van der Waals surface area contributed by atoms with Crippen molar-refractivity contribution in [1.29, 1.82) is 0 Å². The fourth-order valence-corrected chi connectivity index (χ4v) is 7.03. The van der Waals surface area contributed by atoms with E-state index in [1.807, 2.05) is 78.9 Å². The molecule has 9 nitrogen and oxygen atoms in total. The van der Waals surface area contributed by atoms with Crippen LogP contribution in [-0.2, 0) is 20.9 Å². The second-order valence-electron chi connectivity index (χ2n) is 12.2. The van der Waals surface area contributed by atoms with Crippen molar-refractivity contribution in [3.63, 3.8) is 0 Å². The van der Waals surface area contributed by atoms with E-state index in [2.05, 4.69) is 5.32 Å². The van der Waals surface area contributed by atoms with Crippen LogP contribution in [0, 0.1) is 17.8 Å². The molecule has 4 N–H and O–H groups in total. The molecule has 3 aromatic carbocycles. The monoisotopic (exact) mass is 648 g/mol. The van der Waals surface area contributed by atoms with Crippen LogP contribution < -0.4 is 10.2 Å². The quantitative estimate of drug-likeness (QED) is 0.103. The number of rotatable bonds is 13. The number of fused-ring (bicyclic) bond motifs is 1. The lowest BCUT2D eigenvalue weighted by molar-refractivity contribution is -0.123. The van der Waals surface area contributed by atoms with Gasteiger partial charge in [-0.1, -0.05) is 48.5 Å². The van der Waals surface area contributed by atoms with E-state index in [0.29, 0.717) is 35.6 Å². The average molecular weight is 649 g/mol. The summed E-state index contributed by atoms with van der Waals surface area (Å²) in [6.07, 6.45) is 1.91. The van der Waals surface area contributed by atoms with E-state index >= 15 is 0 Å². The highest BCUT2D eigenvalue weighted by Crippen LogP contribution is 2.47. The molecule has 1 aliphatic carbocycles. The lowest BCUT2D eigenvalue weighted by Crippen LogP contribution is -2.39. The third-order valence-corrected chi connectivity index (χ3v) is 9.23.